The van der Waals surface area contributed by atoms with Crippen LogP contribution in [0, 0.1) is 6.92 Å². The van der Waals surface area contributed by atoms with Crippen molar-refractivity contribution in [2.45, 2.75) is 39.3 Å². The lowest BCUT2D eigenvalue weighted by molar-refractivity contribution is 0.455. The monoisotopic (exact) mass is 253 g/mol. The molecule has 2 atom stereocenters. The average Bonchev–Trinajstić information content (AvgIpc) is 2.46. The summed E-state index contributed by atoms with van der Waals surface area (Å²) >= 11 is 0. The van der Waals surface area contributed by atoms with E-state index in [1.165, 1.54) is 16.7 Å². The van der Waals surface area contributed by atoms with Crippen LogP contribution in [0.2, 0.25) is 0 Å². The van der Waals surface area contributed by atoms with Gasteiger partial charge >= 0.3 is 0 Å². The Morgan fingerprint density at radius 2 is 1.58 bits per heavy atom. The van der Waals surface area contributed by atoms with Crippen molar-refractivity contribution in [2.75, 3.05) is 0 Å². The molecule has 2 aromatic carbocycles. The maximum atomic E-state index is 3.74. The molecule has 1 heteroatoms. The number of hydrogen-bond donors (Lipinski definition) is 1. The van der Waals surface area contributed by atoms with Crippen LogP contribution in [0.5, 0.6) is 0 Å². The van der Waals surface area contributed by atoms with Gasteiger partial charge in [0.15, 0.2) is 0 Å². The van der Waals surface area contributed by atoms with Crippen LogP contribution in [0.25, 0.3) is 0 Å². The molecule has 0 aromatic heterocycles. The van der Waals surface area contributed by atoms with E-state index in [1.807, 2.05) is 0 Å². The second-order valence-electron chi connectivity index (χ2n) is 5.12. The molecule has 0 aliphatic rings. The predicted octanol–water partition coefficient (Wildman–Crippen LogP) is 4.80. The van der Waals surface area contributed by atoms with Gasteiger partial charge in [0.2, 0.25) is 0 Å². The van der Waals surface area contributed by atoms with Crippen molar-refractivity contribution in [3.8, 4) is 0 Å². The van der Waals surface area contributed by atoms with E-state index in [-0.39, 0.29) is 0 Å². The van der Waals surface area contributed by atoms with Gasteiger partial charge in [-0.1, -0.05) is 61.5 Å². The highest BCUT2D eigenvalue weighted by Crippen LogP contribution is 2.23. The fourth-order valence-corrected chi connectivity index (χ4v) is 2.60. The Labute approximate surface area is 116 Å². The molecule has 0 bridgehead atoms. The molecule has 0 saturated heterocycles. The molecule has 2 rings (SSSR count). The van der Waals surface area contributed by atoms with E-state index in [0.29, 0.717) is 12.1 Å². The van der Waals surface area contributed by atoms with Crippen molar-refractivity contribution in [1.29, 1.82) is 0 Å². The number of rotatable bonds is 5. The first-order chi connectivity index (χ1) is 9.22. The lowest BCUT2D eigenvalue weighted by Gasteiger charge is -2.24. The fourth-order valence-electron chi connectivity index (χ4n) is 2.60. The standard InChI is InChI=1S/C18H23N/c1-4-18(16-11-6-5-7-12-16)19-15(3)17-13-9-8-10-14(17)2/h5-13,15,18-19H,4H2,1-3H3. The minimum absolute atomic E-state index is 0.367. The van der Waals surface area contributed by atoms with E-state index in [0.717, 1.165) is 6.42 Å². The van der Waals surface area contributed by atoms with Crippen molar-refractivity contribution < 1.29 is 0 Å². The summed E-state index contributed by atoms with van der Waals surface area (Å²) < 4.78 is 0. The normalized spacial score (nSPS) is 14.1. The van der Waals surface area contributed by atoms with Crippen LogP contribution >= 0.6 is 0 Å². The highest BCUT2D eigenvalue weighted by atomic mass is 14.9. The van der Waals surface area contributed by atoms with Crippen LogP contribution in [-0.4, -0.2) is 0 Å². The molecule has 0 aliphatic heterocycles. The summed E-state index contributed by atoms with van der Waals surface area (Å²) in [5, 5.41) is 3.74. The Morgan fingerprint density at radius 1 is 0.947 bits per heavy atom. The van der Waals surface area contributed by atoms with Crippen molar-refractivity contribution in [3.05, 3.63) is 71.3 Å². The molecule has 0 saturated carbocycles. The van der Waals surface area contributed by atoms with Crippen LogP contribution in [0.4, 0.5) is 0 Å². The van der Waals surface area contributed by atoms with E-state index in [1.54, 1.807) is 0 Å². The third-order valence-corrected chi connectivity index (χ3v) is 3.72. The Bertz CT molecular complexity index is 504. The van der Waals surface area contributed by atoms with Gasteiger partial charge in [0.05, 0.1) is 0 Å². The Kier molecular flexibility index (Phi) is 4.75. The van der Waals surface area contributed by atoms with Crippen LogP contribution in [-0.2, 0) is 0 Å². The molecule has 0 amide bonds. The van der Waals surface area contributed by atoms with Gasteiger partial charge in [-0.05, 0) is 37.0 Å². The maximum Gasteiger partial charge on any atom is 0.0323 e. The number of nitrogens with one attached hydrogen (secondary N) is 1. The lowest BCUT2D eigenvalue weighted by Crippen LogP contribution is -2.24. The smallest absolute Gasteiger partial charge is 0.0323 e. The molecule has 0 aliphatic carbocycles. The molecule has 0 spiro atoms. The van der Waals surface area contributed by atoms with Crippen molar-refractivity contribution in [2.24, 2.45) is 0 Å². The zero-order valence-corrected chi connectivity index (χ0v) is 12.1. The van der Waals surface area contributed by atoms with Crippen LogP contribution in [0.15, 0.2) is 54.6 Å². The summed E-state index contributed by atoms with van der Waals surface area (Å²) in [6.07, 6.45) is 1.10. The molecule has 0 radical (unpaired) electrons. The van der Waals surface area contributed by atoms with Gasteiger partial charge in [-0.25, -0.2) is 0 Å². The summed E-state index contributed by atoms with van der Waals surface area (Å²) in [6, 6.07) is 20.1. The summed E-state index contributed by atoms with van der Waals surface area (Å²) in [7, 11) is 0. The number of aryl methyl sites for hydroxylation is 1. The first-order valence-electron chi connectivity index (χ1n) is 7.09. The van der Waals surface area contributed by atoms with Gasteiger partial charge in [-0.3, -0.25) is 0 Å². The quantitative estimate of drug-likeness (QED) is 0.807. The highest BCUT2D eigenvalue weighted by molar-refractivity contribution is 5.29. The minimum atomic E-state index is 0.367. The molecule has 2 aromatic rings. The maximum absolute atomic E-state index is 3.74. The Morgan fingerprint density at radius 3 is 2.21 bits per heavy atom. The Hall–Kier alpha value is -1.60. The van der Waals surface area contributed by atoms with E-state index in [4.69, 9.17) is 0 Å². The van der Waals surface area contributed by atoms with Crippen molar-refractivity contribution >= 4 is 0 Å². The van der Waals surface area contributed by atoms with Gasteiger partial charge in [-0.2, -0.15) is 0 Å². The molecule has 2 unspecified atom stereocenters. The SMILES string of the molecule is CCC(NC(C)c1ccccc1C)c1ccccc1. The van der Waals surface area contributed by atoms with Gasteiger partial charge in [0.25, 0.3) is 0 Å². The van der Waals surface area contributed by atoms with E-state index in [9.17, 15) is 0 Å². The molecule has 0 fully saturated rings. The molecule has 1 nitrogen and oxygen atoms in total. The first kappa shape index (κ1) is 13.8. The average molecular weight is 253 g/mol. The highest BCUT2D eigenvalue weighted by Gasteiger charge is 2.14. The molecule has 19 heavy (non-hydrogen) atoms. The van der Waals surface area contributed by atoms with Crippen molar-refractivity contribution in [1.82, 2.24) is 5.32 Å². The Balaban J connectivity index is 2.13. The molecule has 1 N–H and O–H groups in total. The van der Waals surface area contributed by atoms with Gasteiger partial charge in [-0.15, -0.1) is 0 Å². The van der Waals surface area contributed by atoms with Gasteiger partial charge in [0, 0.05) is 12.1 Å². The summed E-state index contributed by atoms with van der Waals surface area (Å²) in [4.78, 5) is 0. The molecule has 100 valence electrons. The summed E-state index contributed by atoms with van der Waals surface area (Å²) in [6.45, 7) is 6.65. The summed E-state index contributed by atoms with van der Waals surface area (Å²) in [5.41, 5.74) is 4.10. The molecular formula is C18H23N. The zero-order valence-electron chi connectivity index (χ0n) is 12.1. The van der Waals surface area contributed by atoms with E-state index < -0.39 is 0 Å². The third kappa shape index (κ3) is 3.45. The molecule has 0 heterocycles. The topological polar surface area (TPSA) is 12.0 Å². The number of benzene rings is 2. The third-order valence-electron chi connectivity index (χ3n) is 3.72. The van der Waals surface area contributed by atoms with Crippen LogP contribution in [0.3, 0.4) is 0 Å². The first-order valence-corrected chi connectivity index (χ1v) is 7.09. The largest absolute Gasteiger partial charge is 0.303 e. The van der Waals surface area contributed by atoms with E-state index in [2.05, 4.69) is 80.7 Å². The summed E-state index contributed by atoms with van der Waals surface area (Å²) in [5.74, 6) is 0. The lowest BCUT2D eigenvalue weighted by atomic mass is 9.99. The van der Waals surface area contributed by atoms with Gasteiger partial charge < -0.3 is 5.32 Å². The predicted molar refractivity (Wildman–Crippen MR) is 82.2 cm³/mol. The van der Waals surface area contributed by atoms with Crippen LogP contribution in [0.1, 0.15) is 49.0 Å². The van der Waals surface area contributed by atoms with E-state index >= 15 is 0 Å². The fraction of sp³-hybridized carbons (Fsp3) is 0.333. The van der Waals surface area contributed by atoms with Crippen molar-refractivity contribution in [3.63, 3.8) is 0 Å². The van der Waals surface area contributed by atoms with Gasteiger partial charge in [0.1, 0.15) is 0 Å². The second-order valence-corrected chi connectivity index (χ2v) is 5.12. The molecular weight excluding hydrogens is 230 g/mol. The van der Waals surface area contributed by atoms with Crippen LogP contribution < -0.4 is 5.32 Å². The second kappa shape index (κ2) is 6.53. The number of hydrogen-bond acceptors (Lipinski definition) is 1. The zero-order chi connectivity index (χ0) is 13.7. The minimum Gasteiger partial charge on any atom is -0.303 e.